The van der Waals surface area contributed by atoms with E-state index in [-0.39, 0.29) is 11.4 Å². The first-order valence-electron chi connectivity index (χ1n) is 11.4. The molecule has 0 saturated heterocycles. The minimum Gasteiger partial charge on any atom is -0.296 e. The topological polar surface area (TPSA) is 65.6 Å². The minimum absolute atomic E-state index is 0.130. The van der Waals surface area contributed by atoms with Crippen LogP contribution >= 0.6 is 0 Å². The van der Waals surface area contributed by atoms with Crippen LogP contribution in [0.2, 0.25) is 0 Å². The van der Waals surface area contributed by atoms with Gasteiger partial charge < -0.3 is 0 Å². The number of fused-ring (bicyclic) bond motifs is 4. The zero-order chi connectivity index (χ0) is 23.1. The fourth-order valence-electron chi connectivity index (χ4n) is 4.36. The van der Waals surface area contributed by atoms with Gasteiger partial charge in [-0.2, -0.15) is 0 Å². The largest absolute Gasteiger partial charge is 0.296 e. The maximum absolute atomic E-state index is 14.5. The summed E-state index contributed by atoms with van der Waals surface area (Å²) in [4.78, 5) is 28.1. The van der Waals surface area contributed by atoms with E-state index in [9.17, 15) is 9.18 Å². The molecule has 0 aliphatic carbocycles. The second-order valence-electron chi connectivity index (χ2n) is 8.53. The molecule has 0 unspecified atom stereocenters. The van der Waals surface area contributed by atoms with Crippen molar-refractivity contribution < 1.29 is 4.39 Å². The van der Waals surface area contributed by atoms with E-state index in [4.69, 9.17) is 15.0 Å². The molecule has 0 N–H and O–H groups in total. The predicted octanol–water partition coefficient (Wildman–Crippen LogP) is 5.62. The Morgan fingerprint density at radius 1 is 0.909 bits per heavy atom. The number of halogens is 1. The van der Waals surface area contributed by atoms with E-state index in [0.29, 0.717) is 56.9 Å². The molecule has 0 spiro atoms. The molecule has 168 valence electrons. The van der Waals surface area contributed by atoms with E-state index in [1.54, 1.807) is 22.1 Å². The first-order valence-corrected chi connectivity index (χ1v) is 11.4. The van der Waals surface area contributed by atoms with Gasteiger partial charge in [-0.1, -0.05) is 44.4 Å². The Bertz CT molecular complexity index is 1570. The fraction of sp³-hybridized carbons (Fsp3) is 0.308. The molecule has 0 radical (unpaired) electrons. The van der Waals surface area contributed by atoms with Crippen LogP contribution in [0.5, 0.6) is 0 Å². The van der Waals surface area contributed by atoms with Gasteiger partial charge in [0.25, 0.3) is 5.56 Å². The Balaban J connectivity index is 1.84. The van der Waals surface area contributed by atoms with Crippen molar-refractivity contribution in [2.75, 3.05) is 0 Å². The Labute approximate surface area is 190 Å². The van der Waals surface area contributed by atoms with Crippen molar-refractivity contribution in [1.82, 2.24) is 24.1 Å². The minimum atomic E-state index is -0.322. The zero-order valence-electron chi connectivity index (χ0n) is 19.1. The highest BCUT2D eigenvalue weighted by molar-refractivity contribution is 6.05. The summed E-state index contributed by atoms with van der Waals surface area (Å²) in [6.45, 7) is 6.34. The molecule has 3 heterocycles. The van der Waals surface area contributed by atoms with Crippen molar-refractivity contribution in [1.29, 1.82) is 0 Å². The smallest absolute Gasteiger partial charge is 0.265 e. The van der Waals surface area contributed by atoms with Crippen molar-refractivity contribution in [3.05, 3.63) is 70.0 Å². The van der Waals surface area contributed by atoms with E-state index >= 15 is 0 Å². The molecule has 0 atom stereocenters. The second-order valence-corrected chi connectivity index (χ2v) is 8.53. The number of unbranched alkanes of at least 4 members (excludes halogenated alkanes) is 3. The first kappa shape index (κ1) is 21.2. The molecule has 2 aromatic carbocycles. The third-order valence-corrected chi connectivity index (χ3v) is 6.20. The Morgan fingerprint density at radius 3 is 2.39 bits per heavy atom. The van der Waals surface area contributed by atoms with Gasteiger partial charge in [0.1, 0.15) is 22.5 Å². The first-order chi connectivity index (χ1) is 16.0. The molecule has 0 bridgehead atoms. The van der Waals surface area contributed by atoms with Crippen LogP contribution in [0.1, 0.15) is 44.0 Å². The van der Waals surface area contributed by atoms with Crippen LogP contribution in [0.3, 0.4) is 0 Å². The summed E-state index contributed by atoms with van der Waals surface area (Å²) in [5, 5.41) is 0.422. The maximum atomic E-state index is 14.5. The number of aryl methyl sites for hydroxylation is 2. The van der Waals surface area contributed by atoms with E-state index in [1.165, 1.54) is 6.07 Å². The van der Waals surface area contributed by atoms with E-state index in [2.05, 4.69) is 6.92 Å². The van der Waals surface area contributed by atoms with E-state index in [0.717, 1.165) is 25.7 Å². The summed E-state index contributed by atoms with van der Waals surface area (Å²) in [5.74, 6) is 0.308. The van der Waals surface area contributed by atoms with Crippen LogP contribution in [-0.4, -0.2) is 24.1 Å². The Hall–Kier alpha value is -3.61. The lowest BCUT2D eigenvalue weighted by molar-refractivity contribution is 0.556. The van der Waals surface area contributed by atoms with Crippen LogP contribution in [0.4, 0.5) is 4.39 Å². The summed E-state index contributed by atoms with van der Waals surface area (Å²) in [5.41, 5.74) is 3.84. The van der Waals surface area contributed by atoms with Crippen molar-refractivity contribution in [2.45, 2.75) is 53.0 Å². The molecule has 0 saturated carbocycles. The van der Waals surface area contributed by atoms with Gasteiger partial charge in [-0.15, -0.1) is 0 Å². The average Bonchev–Trinajstić information content (AvgIpc) is 3.11. The van der Waals surface area contributed by atoms with Gasteiger partial charge in [0, 0.05) is 6.54 Å². The molecule has 6 nitrogen and oxygen atoms in total. The molecule has 3 aromatic heterocycles. The number of aromatic nitrogens is 5. The van der Waals surface area contributed by atoms with Crippen LogP contribution in [0, 0.1) is 19.7 Å². The average molecular weight is 444 g/mol. The summed E-state index contributed by atoms with van der Waals surface area (Å²) in [7, 11) is 0. The SMILES string of the molecule is CCCCCCn1c(C)nc2c(c1=O)c1nc3ccccc3nc1n2-c1ccc(C)c(F)c1. The zero-order valence-corrected chi connectivity index (χ0v) is 19.1. The maximum Gasteiger partial charge on any atom is 0.265 e. The van der Waals surface area contributed by atoms with Gasteiger partial charge in [-0.3, -0.25) is 13.9 Å². The lowest BCUT2D eigenvalue weighted by Crippen LogP contribution is -2.24. The molecule has 33 heavy (non-hydrogen) atoms. The normalized spacial score (nSPS) is 11.8. The van der Waals surface area contributed by atoms with Gasteiger partial charge in [-0.25, -0.2) is 19.3 Å². The van der Waals surface area contributed by atoms with Crippen molar-refractivity contribution in [2.24, 2.45) is 0 Å². The van der Waals surface area contributed by atoms with Gasteiger partial charge in [0.2, 0.25) is 0 Å². The standard InChI is InChI=1S/C26H26FN5O/c1-4-5-6-9-14-31-17(3)28-24-22(26(31)33)23-25(30-21-11-8-7-10-20(21)29-23)32(24)18-13-12-16(2)19(27)15-18/h7-8,10-13,15H,4-6,9,14H2,1-3H3. The molecule has 5 rings (SSSR count). The van der Waals surface area contributed by atoms with Gasteiger partial charge in [-0.05, 0) is 50.1 Å². The lowest BCUT2D eigenvalue weighted by Gasteiger charge is -2.11. The summed E-state index contributed by atoms with van der Waals surface area (Å²) >= 11 is 0. The van der Waals surface area contributed by atoms with Gasteiger partial charge >= 0.3 is 0 Å². The molecule has 5 aromatic rings. The van der Waals surface area contributed by atoms with Crippen LogP contribution in [-0.2, 0) is 6.54 Å². The number of rotatable bonds is 6. The molecular formula is C26H26FN5O. The van der Waals surface area contributed by atoms with Crippen molar-refractivity contribution in [3.8, 4) is 5.69 Å². The highest BCUT2D eigenvalue weighted by Crippen LogP contribution is 2.29. The van der Waals surface area contributed by atoms with Crippen LogP contribution in [0.15, 0.2) is 47.3 Å². The van der Waals surface area contributed by atoms with Crippen LogP contribution in [0.25, 0.3) is 38.9 Å². The molecule has 7 heteroatoms. The predicted molar refractivity (Wildman–Crippen MR) is 130 cm³/mol. The fourth-order valence-corrected chi connectivity index (χ4v) is 4.36. The number of para-hydroxylation sites is 2. The monoisotopic (exact) mass is 443 g/mol. The molecule has 0 aliphatic heterocycles. The molecule has 0 amide bonds. The summed E-state index contributed by atoms with van der Waals surface area (Å²) in [6.07, 6.45) is 4.25. The number of hydrogen-bond acceptors (Lipinski definition) is 4. The number of benzene rings is 2. The lowest BCUT2D eigenvalue weighted by atomic mass is 10.2. The molecule has 0 fully saturated rings. The van der Waals surface area contributed by atoms with Crippen molar-refractivity contribution in [3.63, 3.8) is 0 Å². The summed E-state index contributed by atoms with van der Waals surface area (Å²) in [6, 6.07) is 12.5. The molecule has 0 aliphatic rings. The van der Waals surface area contributed by atoms with Gasteiger partial charge in [0.15, 0.2) is 11.3 Å². The molecular weight excluding hydrogens is 417 g/mol. The highest BCUT2D eigenvalue weighted by atomic mass is 19.1. The van der Waals surface area contributed by atoms with Crippen LogP contribution < -0.4 is 5.56 Å². The van der Waals surface area contributed by atoms with E-state index < -0.39 is 0 Å². The van der Waals surface area contributed by atoms with E-state index in [1.807, 2.05) is 37.3 Å². The van der Waals surface area contributed by atoms with Crippen molar-refractivity contribution >= 4 is 33.2 Å². The highest BCUT2D eigenvalue weighted by Gasteiger charge is 2.22. The second kappa shape index (κ2) is 8.39. The number of nitrogens with zero attached hydrogens (tertiary/aromatic N) is 5. The Kier molecular flexibility index (Phi) is 5.40. The Morgan fingerprint density at radius 2 is 1.67 bits per heavy atom. The summed E-state index contributed by atoms with van der Waals surface area (Å²) < 4.78 is 18.0. The third kappa shape index (κ3) is 3.57. The number of hydrogen-bond donors (Lipinski definition) is 0. The van der Waals surface area contributed by atoms with Gasteiger partial charge in [0.05, 0.1) is 16.7 Å². The quantitative estimate of drug-likeness (QED) is 0.320. The third-order valence-electron chi connectivity index (χ3n) is 6.20.